The van der Waals surface area contributed by atoms with Gasteiger partial charge in [-0.1, -0.05) is 18.3 Å². The van der Waals surface area contributed by atoms with Crippen LogP contribution in [0.1, 0.15) is 42.1 Å². The lowest BCUT2D eigenvalue weighted by Crippen LogP contribution is -3.13. The first-order valence-corrected chi connectivity index (χ1v) is 10.4. The first-order chi connectivity index (χ1) is 13.5. The molecular formula is C20H27N4O3S+. The second-order valence-electron chi connectivity index (χ2n) is 7.53. The molecular weight excluding hydrogens is 376 g/mol. The zero-order valence-corrected chi connectivity index (χ0v) is 17.5. The predicted molar refractivity (Wildman–Crippen MR) is 108 cm³/mol. The number of ether oxygens (including phenoxy) is 2. The van der Waals surface area contributed by atoms with Gasteiger partial charge in [-0.05, 0) is 43.9 Å². The van der Waals surface area contributed by atoms with E-state index in [9.17, 15) is 5.11 Å². The quantitative estimate of drug-likeness (QED) is 0.683. The molecule has 0 aliphatic carbocycles. The fraction of sp³-hybridized carbons (Fsp3) is 0.500. The molecule has 2 aromatic heterocycles. The van der Waals surface area contributed by atoms with Crippen molar-refractivity contribution in [3.8, 4) is 17.4 Å². The van der Waals surface area contributed by atoms with Crippen LogP contribution in [-0.4, -0.2) is 47.0 Å². The van der Waals surface area contributed by atoms with Crippen LogP contribution in [0, 0.1) is 12.8 Å². The van der Waals surface area contributed by atoms with Crippen LogP contribution in [0.25, 0.3) is 4.96 Å². The standard InChI is InChI=1S/C20H26N4O3S/c1-12-7-9-23(10-8-12)17(14-5-6-15(26-3)16(11-14)27-4)18-19(25)24-20(28-18)21-13(2)22-24/h5-6,11-12,17,25H,7-10H2,1-4H3/p+1/t17-/m1/s1. The third-order valence-corrected chi connectivity index (χ3v) is 6.72. The fourth-order valence-electron chi connectivity index (χ4n) is 4.06. The lowest BCUT2D eigenvalue weighted by atomic mass is 9.95. The molecule has 150 valence electrons. The molecule has 4 rings (SSSR count). The van der Waals surface area contributed by atoms with Gasteiger partial charge in [-0.3, -0.25) is 0 Å². The summed E-state index contributed by atoms with van der Waals surface area (Å²) >= 11 is 1.51. The van der Waals surface area contributed by atoms with E-state index >= 15 is 0 Å². The molecule has 1 aliphatic rings. The number of thiazole rings is 1. The third-order valence-electron chi connectivity index (χ3n) is 5.63. The van der Waals surface area contributed by atoms with E-state index in [1.54, 1.807) is 18.7 Å². The minimum Gasteiger partial charge on any atom is -0.493 e. The van der Waals surface area contributed by atoms with Crippen LogP contribution in [0.4, 0.5) is 0 Å². The molecule has 3 heterocycles. The second kappa shape index (κ2) is 7.60. The SMILES string of the molecule is COc1ccc([C@H](c2sc3nc(C)nn3c2O)[NH+]2CCC(C)CC2)cc1OC. The van der Waals surface area contributed by atoms with Gasteiger partial charge in [0.1, 0.15) is 10.7 Å². The molecule has 0 radical (unpaired) electrons. The number of aromatic hydroxyl groups is 1. The lowest BCUT2D eigenvalue weighted by molar-refractivity contribution is -0.931. The summed E-state index contributed by atoms with van der Waals surface area (Å²) in [4.78, 5) is 7.51. The minimum atomic E-state index is 0.00103. The number of aromatic nitrogens is 3. The molecule has 0 bridgehead atoms. The molecule has 0 spiro atoms. The van der Waals surface area contributed by atoms with Crippen LogP contribution in [0.3, 0.4) is 0 Å². The van der Waals surface area contributed by atoms with Gasteiger partial charge in [-0.25, -0.2) is 4.98 Å². The number of hydrogen-bond acceptors (Lipinski definition) is 6. The normalized spacial score (nSPS) is 21.0. The van der Waals surface area contributed by atoms with Crippen molar-refractivity contribution < 1.29 is 19.5 Å². The Bertz CT molecular complexity index is 975. The van der Waals surface area contributed by atoms with E-state index < -0.39 is 0 Å². The maximum atomic E-state index is 10.9. The number of methoxy groups -OCH3 is 2. The number of piperidine rings is 1. The average molecular weight is 404 g/mol. The number of aryl methyl sites for hydroxylation is 1. The average Bonchev–Trinajstić information content (AvgIpc) is 3.21. The van der Waals surface area contributed by atoms with Crippen LogP contribution in [-0.2, 0) is 0 Å². The van der Waals surface area contributed by atoms with Crippen molar-refractivity contribution in [3.05, 3.63) is 34.5 Å². The Labute approximate surface area is 168 Å². The molecule has 0 unspecified atom stereocenters. The molecule has 8 heteroatoms. The van der Waals surface area contributed by atoms with Crippen LogP contribution in [0.15, 0.2) is 18.2 Å². The number of rotatable bonds is 5. The summed E-state index contributed by atoms with van der Waals surface area (Å²) in [5, 5.41) is 15.3. The number of likely N-dealkylation sites (tertiary alicyclic amines) is 1. The summed E-state index contributed by atoms with van der Waals surface area (Å²) < 4.78 is 12.5. The van der Waals surface area contributed by atoms with E-state index in [0.29, 0.717) is 17.3 Å². The van der Waals surface area contributed by atoms with E-state index in [2.05, 4.69) is 23.1 Å². The van der Waals surface area contributed by atoms with Crippen LogP contribution < -0.4 is 14.4 Å². The number of quaternary nitrogens is 1. The molecule has 7 nitrogen and oxygen atoms in total. The Kier molecular flexibility index (Phi) is 5.16. The zero-order valence-electron chi connectivity index (χ0n) is 16.7. The first-order valence-electron chi connectivity index (χ1n) is 9.63. The highest BCUT2D eigenvalue weighted by Crippen LogP contribution is 2.38. The highest BCUT2D eigenvalue weighted by Gasteiger charge is 2.35. The zero-order chi connectivity index (χ0) is 19.8. The number of nitrogens with zero attached hydrogens (tertiary/aromatic N) is 3. The summed E-state index contributed by atoms with van der Waals surface area (Å²) in [7, 11) is 3.29. The van der Waals surface area contributed by atoms with Crippen molar-refractivity contribution in [2.24, 2.45) is 5.92 Å². The van der Waals surface area contributed by atoms with E-state index in [1.165, 1.54) is 29.1 Å². The van der Waals surface area contributed by atoms with Crippen LogP contribution >= 0.6 is 11.3 Å². The summed E-state index contributed by atoms with van der Waals surface area (Å²) in [6.45, 7) is 6.27. The number of nitrogens with one attached hydrogen (secondary N) is 1. The highest BCUT2D eigenvalue weighted by molar-refractivity contribution is 7.17. The molecule has 1 aliphatic heterocycles. The Balaban J connectivity index is 1.81. The van der Waals surface area contributed by atoms with Gasteiger partial charge >= 0.3 is 0 Å². The van der Waals surface area contributed by atoms with Crippen molar-refractivity contribution in [3.63, 3.8) is 0 Å². The molecule has 0 amide bonds. The molecule has 1 aromatic carbocycles. The van der Waals surface area contributed by atoms with Gasteiger partial charge in [0.15, 0.2) is 17.5 Å². The molecule has 1 atom stereocenters. The Hall–Kier alpha value is -2.32. The van der Waals surface area contributed by atoms with Gasteiger partial charge in [0.05, 0.1) is 27.3 Å². The van der Waals surface area contributed by atoms with Crippen molar-refractivity contribution in [2.75, 3.05) is 27.3 Å². The smallest absolute Gasteiger partial charge is 0.235 e. The van der Waals surface area contributed by atoms with Crippen molar-refractivity contribution >= 4 is 16.3 Å². The van der Waals surface area contributed by atoms with E-state index in [0.717, 1.165) is 34.4 Å². The van der Waals surface area contributed by atoms with Crippen molar-refractivity contribution in [2.45, 2.75) is 32.7 Å². The topological polar surface area (TPSA) is 73.3 Å². The molecule has 28 heavy (non-hydrogen) atoms. The monoisotopic (exact) mass is 403 g/mol. The first kappa shape index (κ1) is 19.0. The van der Waals surface area contributed by atoms with E-state index in [1.807, 2.05) is 19.1 Å². The summed E-state index contributed by atoms with van der Waals surface area (Å²) in [5.74, 6) is 2.99. The molecule has 1 saturated heterocycles. The van der Waals surface area contributed by atoms with Gasteiger partial charge in [0, 0.05) is 5.56 Å². The number of hydrogen-bond donors (Lipinski definition) is 2. The highest BCUT2D eigenvalue weighted by atomic mass is 32.1. The van der Waals surface area contributed by atoms with Gasteiger partial charge in [-0.15, -0.1) is 5.10 Å². The predicted octanol–water partition coefficient (Wildman–Crippen LogP) is 2.23. The second-order valence-corrected chi connectivity index (χ2v) is 8.54. The molecule has 0 saturated carbocycles. The third kappa shape index (κ3) is 3.31. The van der Waals surface area contributed by atoms with Gasteiger partial charge in [0.25, 0.3) is 0 Å². The van der Waals surface area contributed by atoms with Gasteiger partial charge in [-0.2, -0.15) is 4.52 Å². The number of benzene rings is 1. The van der Waals surface area contributed by atoms with Crippen LogP contribution in [0.5, 0.6) is 17.4 Å². The lowest BCUT2D eigenvalue weighted by Gasteiger charge is -2.33. The van der Waals surface area contributed by atoms with E-state index in [4.69, 9.17) is 9.47 Å². The maximum absolute atomic E-state index is 10.9. The van der Waals surface area contributed by atoms with Gasteiger partial charge < -0.3 is 19.5 Å². The molecule has 1 fully saturated rings. The Morgan fingerprint density at radius 3 is 2.57 bits per heavy atom. The minimum absolute atomic E-state index is 0.00103. The van der Waals surface area contributed by atoms with Crippen LogP contribution in [0.2, 0.25) is 0 Å². The molecule has 2 N–H and O–H groups in total. The summed E-state index contributed by atoms with van der Waals surface area (Å²) in [5.41, 5.74) is 1.10. The largest absolute Gasteiger partial charge is 0.493 e. The van der Waals surface area contributed by atoms with Crippen molar-refractivity contribution in [1.82, 2.24) is 14.6 Å². The molecule has 3 aromatic rings. The Morgan fingerprint density at radius 2 is 1.93 bits per heavy atom. The summed E-state index contributed by atoms with van der Waals surface area (Å²) in [6.07, 6.45) is 2.36. The van der Waals surface area contributed by atoms with E-state index in [-0.39, 0.29) is 11.9 Å². The van der Waals surface area contributed by atoms with Gasteiger partial charge in [0.2, 0.25) is 10.8 Å². The number of fused-ring (bicyclic) bond motifs is 1. The van der Waals surface area contributed by atoms with Crippen molar-refractivity contribution in [1.29, 1.82) is 0 Å². The fourth-order valence-corrected chi connectivity index (χ4v) is 5.25. The Morgan fingerprint density at radius 1 is 1.21 bits per heavy atom. The maximum Gasteiger partial charge on any atom is 0.235 e. The summed E-state index contributed by atoms with van der Waals surface area (Å²) in [6, 6.07) is 6.03.